The molecule has 2 heteroatoms. The number of hydrogen-bond acceptors (Lipinski definition) is 2. The third-order valence-corrected chi connectivity index (χ3v) is 8.70. The predicted octanol–water partition coefficient (Wildman–Crippen LogP) is 4.31. The molecule has 3 fully saturated rings. The Morgan fingerprint density at radius 1 is 1.17 bits per heavy atom. The molecule has 130 valence electrons. The molecular formula is C21H34O2. The highest BCUT2D eigenvalue weighted by atomic mass is 16.3. The number of hydrogen-bond donors (Lipinski definition) is 2. The maximum atomic E-state index is 11.2. The molecule has 23 heavy (non-hydrogen) atoms. The molecule has 2 N–H and O–H groups in total. The van der Waals surface area contributed by atoms with Crippen LogP contribution in [0.5, 0.6) is 0 Å². The first kappa shape index (κ1) is 16.1. The van der Waals surface area contributed by atoms with Crippen molar-refractivity contribution in [2.45, 2.75) is 84.3 Å². The molecule has 0 amide bonds. The van der Waals surface area contributed by atoms with E-state index in [1.807, 2.05) is 0 Å². The molecular weight excluding hydrogens is 284 g/mol. The first-order valence-electron chi connectivity index (χ1n) is 9.95. The third kappa shape index (κ3) is 2.13. The standard InChI is InChI=1S/C21H34O2/c1-4-13-6-8-17-16-7-5-14-11-15(22)9-10-20(14,2)19(16)18(23)12-21(13,17)3/h5,13,15-19,22-23H,4,6-12H2,1-3H3/t13-,15-,16-,17-,18-,19+,20-,21+/m0/s1. The average Bonchev–Trinajstić information content (AvgIpc) is 2.83. The Bertz CT molecular complexity index is 512. The zero-order valence-corrected chi connectivity index (χ0v) is 15.1. The van der Waals surface area contributed by atoms with Crippen molar-refractivity contribution < 1.29 is 10.2 Å². The zero-order valence-electron chi connectivity index (χ0n) is 15.1. The van der Waals surface area contributed by atoms with Gasteiger partial charge in [0, 0.05) is 0 Å². The number of aliphatic hydroxyl groups is 2. The highest BCUT2D eigenvalue weighted by molar-refractivity contribution is 5.26. The van der Waals surface area contributed by atoms with E-state index < -0.39 is 0 Å². The summed E-state index contributed by atoms with van der Waals surface area (Å²) >= 11 is 0. The van der Waals surface area contributed by atoms with Crippen molar-refractivity contribution in [3.05, 3.63) is 11.6 Å². The van der Waals surface area contributed by atoms with Gasteiger partial charge in [0.25, 0.3) is 0 Å². The monoisotopic (exact) mass is 318 g/mol. The Hall–Kier alpha value is -0.340. The van der Waals surface area contributed by atoms with Crippen LogP contribution in [-0.2, 0) is 0 Å². The van der Waals surface area contributed by atoms with Crippen LogP contribution in [0.15, 0.2) is 11.6 Å². The van der Waals surface area contributed by atoms with E-state index in [0.29, 0.717) is 17.3 Å². The van der Waals surface area contributed by atoms with Crippen LogP contribution in [0.3, 0.4) is 0 Å². The number of rotatable bonds is 1. The van der Waals surface area contributed by atoms with Crippen LogP contribution in [-0.4, -0.2) is 22.4 Å². The van der Waals surface area contributed by atoms with Gasteiger partial charge in [-0.1, -0.05) is 38.8 Å². The predicted molar refractivity (Wildman–Crippen MR) is 92.9 cm³/mol. The normalized spacial score (nSPS) is 55.6. The highest BCUT2D eigenvalue weighted by Gasteiger charge is 2.61. The van der Waals surface area contributed by atoms with Crippen LogP contribution in [0.1, 0.15) is 72.1 Å². The molecule has 4 rings (SSSR count). The number of fused-ring (bicyclic) bond motifs is 5. The smallest absolute Gasteiger partial charge is 0.0585 e. The van der Waals surface area contributed by atoms with E-state index in [9.17, 15) is 10.2 Å². The van der Waals surface area contributed by atoms with Crippen molar-refractivity contribution in [3.8, 4) is 0 Å². The Labute approximate surface area is 141 Å². The van der Waals surface area contributed by atoms with Crippen LogP contribution in [0, 0.1) is 34.5 Å². The molecule has 4 aliphatic carbocycles. The van der Waals surface area contributed by atoms with Crippen molar-refractivity contribution in [2.24, 2.45) is 34.5 Å². The van der Waals surface area contributed by atoms with E-state index in [1.54, 1.807) is 0 Å². The molecule has 0 aromatic heterocycles. The van der Waals surface area contributed by atoms with Crippen molar-refractivity contribution in [1.29, 1.82) is 0 Å². The van der Waals surface area contributed by atoms with Crippen molar-refractivity contribution in [3.63, 3.8) is 0 Å². The van der Waals surface area contributed by atoms with Gasteiger partial charge in [-0.15, -0.1) is 0 Å². The minimum atomic E-state index is -0.159. The Balaban J connectivity index is 1.71. The number of aliphatic hydroxyl groups excluding tert-OH is 2. The molecule has 0 aliphatic heterocycles. The molecule has 0 heterocycles. The summed E-state index contributed by atoms with van der Waals surface area (Å²) in [5, 5.41) is 21.3. The summed E-state index contributed by atoms with van der Waals surface area (Å²) in [6.45, 7) is 7.20. The van der Waals surface area contributed by atoms with Crippen LogP contribution in [0.2, 0.25) is 0 Å². The van der Waals surface area contributed by atoms with E-state index in [1.165, 1.54) is 24.8 Å². The molecule has 4 aliphatic rings. The lowest BCUT2D eigenvalue weighted by Gasteiger charge is -2.59. The van der Waals surface area contributed by atoms with E-state index in [-0.39, 0.29) is 17.6 Å². The second kappa shape index (κ2) is 5.33. The molecule has 0 bridgehead atoms. The Morgan fingerprint density at radius 2 is 1.96 bits per heavy atom. The molecule has 0 spiro atoms. The van der Waals surface area contributed by atoms with Gasteiger partial charge in [-0.05, 0) is 79.4 Å². The van der Waals surface area contributed by atoms with Gasteiger partial charge in [0.05, 0.1) is 12.2 Å². The minimum Gasteiger partial charge on any atom is -0.393 e. The van der Waals surface area contributed by atoms with Gasteiger partial charge >= 0.3 is 0 Å². The van der Waals surface area contributed by atoms with Crippen LogP contribution in [0.4, 0.5) is 0 Å². The van der Waals surface area contributed by atoms with Gasteiger partial charge in [-0.3, -0.25) is 0 Å². The quantitative estimate of drug-likeness (QED) is 0.707. The molecule has 8 atom stereocenters. The third-order valence-electron chi connectivity index (χ3n) is 8.70. The van der Waals surface area contributed by atoms with Crippen molar-refractivity contribution in [1.82, 2.24) is 0 Å². The first-order chi connectivity index (χ1) is 10.9. The maximum absolute atomic E-state index is 11.2. The lowest BCUT2D eigenvalue weighted by atomic mass is 9.46. The van der Waals surface area contributed by atoms with Gasteiger partial charge in [-0.25, -0.2) is 0 Å². The van der Waals surface area contributed by atoms with Gasteiger partial charge in [0.15, 0.2) is 0 Å². The fourth-order valence-corrected chi connectivity index (χ4v) is 7.55. The van der Waals surface area contributed by atoms with Gasteiger partial charge < -0.3 is 10.2 Å². The fraction of sp³-hybridized carbons (Fsp3) is 0.905. The first-order valence-corrected chi connectivity index (χ1v) is 9.95. The molecule has 3 saturated carbocycles. The zero-order chi connectivity index (χ0) is 16.4. The molecule has 2 nitrogen and oxygen atoms in total. The lowest BCUT2D eigenvalue weighted by Crippen LogP contribution is -2.56. The molecule has 0 aromatic carbocycles. The maximum Gasteiger partial charge on any atom is 0.0585 e. The summed E-state index contributed by atoms with van der Waals surface area (Å²) in [5.41, 5.74) is 1.93. The summed E-state index contributed by atoms with van der Waals surface area (Å²) in [7, 11) is 0. The minimum absolute atomic E-state index is 0.132. The summed E-state index contributed by atoms with van der Waals surface area (Å²) in [6.07, 6.45) is 11.1. The fourth-order valence-electron chi connectivity index (χ4n) is 7.55. The molecule has 0 unspecified atom stereocenters. The summed E-state index contributed by atoms with van der Waals surface area (Å²) in [5.74, 6) is 2.67. The van der Waals surface area contributed by atoms with Gasteiger partial charge in [0.2, 0.25) is 0 Å². The van der Waals surface area contributed by atoms with E-state index in [2.05, 4.69) is 26.8 Å². The topological polar surface area (TPSA) is 40.5 Å². The van der Waals surface area contributed by atoms with E-state index >= 15 is 0 Å². The van der Waals surface area contributed by atoms with Crippen LogP contribution >= 0.6 is 0 Å². The van der Waals surface area contributed by atoms with Gasteiger partial charge in [0.1, 0.15) is 0 Å². The van der Waals surface area contributed by atoms with E-state index in [4.69, 9.17) is 0 Å². The molecule has 0 radical (unpaired) electrons. The summed E-state index contributed by atoms with van der Waals surface area (Å²) in [6, 6.07) is 0. The highest BCUT2D eigenvalue weighted by Crippen LogP contribution is 2.66. The molecule has 0 aromatic rings. The Kier molecular flexibility index (Phi) is 3.74. The van der Waals surface area contributed by atoms with Crippen LogP contribution < -0.4 is 0 Å². The van der Waals surface area contributed by atoms with Crippen molar-refractivity contribution >= 4 is 0 Å². The average molecular weight is 319 g/mol. The largest absolute Gasteiger partial charge is 0.393 e. The van der Waals surface area contributed by atoms with Crippen LogP contribution in [0.25, 0.3) is 0 Å². The van der Waals surface area contributed by atoms with Crippen molar-refractivity contribution in [2.75, 3.05) is 0 Å². The SMILES string of the molecule is CC[C@H]1CC[C@H]2[C@@H]3CC=C4C[C@@H](O)CC[C@]4(C)[C@H]3[C@@H](O)C[C@]12C. The summed E-state index contributed by atoms with van der Waals surface area (Å²) in [4.78, 5) is 0. The second-order valence-corrected chi connectivity index (χ2v) is 9.54. The van der Waals surface area contributed by atoms with Gasteiger partial charge in [-0.2, -0.15) is 0 Å². The summed E-state index contributed by atoms with van der Waals surface area (Å²) < 4.78 is 0. The molecule has 0 saturated heterocycles. The van der Waals surface area contributed by atoms with E-state index in [0.717, 1.165) is 43.9 Å². The number of allylic oxidation sites excluding steroid dienone is 1. The lowest BCUT2D eigenvalue weighted by molar-refractivity contribution is -0.125. The Morgan fingerprint density at radius 3 is 2.70 bits per heavy atom. The second-order valence-electron chi connectivity index (χ2n) is 9.54.